The largest absolute Gasteiger partial charge is 0.497 e. The van der Waals surface area contributed by atoms with Crippen LogP contribution in [0.25, 0.3) is 22.6 Å². The van der Waals surface area contributed by atoms with Crippen molar-refractivity contribution in [2.75, 3.05) is 7.11 Å². The maximum absolute atomic E-state index is 5.73. The van der Waals surface area contributed by atoms with Gasteiger partial charge in [0, 0.05) is 18.2 Å². The number of fused-ring (bicyclic) bond motifs is 1. The van der Waals surface area contributed by atoms with Crippen LogP contribution in [-0.4, -0.2) is 12.1 Å². The molecule has 0 aliphatic heterocycles. The van der Waals surface area contributed by atoms with E-state index in [1.54, 1.807) is 7.11 Å². The average molecular weight is 254 g/mol. The summed E-state index contributed by atoms with van der Waals surface area (Å²) in [7, 11) is 1.63. The van der Waals surface area contributed by atoms with E-state index < -0.39 is 0 Å². The van der Waals surface area contributed by atoms with Crippen LogP contribution in [0.4, 0.5) is 0 Å². The van der Waals surface area contributed by atoms with Crippen molar-refractivity contribution in [3.8, 4) is 17.2 Å². The van der Waals surface area contributed by atoms with Crippen molar-refractivity contribution in [1.29, 1.82) is 0 Å². The van der Waals surface area contributed by atoms with Crippen LogP contribution in [0.3, 0.4) is 0 Å². The molecule has 1 aromatic heterocycles. The second kappa shape index (κ2) is 4.74. The van der Waals surface area contributed by atoms with E-state index in [-0.39, 0.29) is 0 Å². The summed E-state index contributed by atoms with van der Waals surface area (Å²) in [5.74, 6) is 1.37. The van der Waals surface area contributed by atoms with Gasteiger partial charge in [-0.25, -0.2) is 4.98 Å². The van der Waals surface area contributed by atoms with Crippen molar-refractivity contribution < 1.29 is 9.15 Å². The van der Waals surface area contributed by atoms with Crippen LogP contribution in [0, 0.1) is 0 Å². The maximum atomic E-state index is 5.73. The number of hydrogen-bond acceptors (Lipinski definition) is 4. The molecular formula is C15H14N2O2. The minimum atomic E-state index is 0.533. The Bertz CT molecular complexity index is 702. The number of nitrogens with two attached hydrogens (primary N) is 1. The molecule has 0 atom stereocenters. The van der Waals surface area contributed by atoms with E-state index in [1.807, 2.05) is 42.5 Å². The van der Waals surface area contributed by atoms with E-state index >= 15 is 0 Å². The molecule has 2 N–H and O–H groups in total. The first-order chi connectivity index (χ1) is 9.30. The lowest BCUT2D eigenvalue weighted by atomic mass is 10.1. The first-order valence-electron chi connectivity index (χ1n) is 6.04. The molecule has 0 aliphatic rings. The van der Waals surface area contributed by atoms with Crippen LogP contribution in [0.1, 0.15) is 5.56 Å². The van der Waals surface area contributed by atoms with E-state index in [1.165, 1.54) is 0 Å². The number of nitrogens with zero attached hydrogens (tertiary/aromatic N) is 1. The minimum absolute atomic E-state index is 0.533. The van der Waals surface area contributed by atoms with Crippen molar-refractivity contribution in [2.45, 2.75) is 6.54 Å². The smallest absolute Gasteiger partial charge is 0.227 e. The van der Waals surface area contributed by atoms with Gasteiger partial charge in [0.25, 0.3) is 0 Å². The third kappa shape index (κ3) is 2.18. The molecule has 0 saturated heterocycles. The lowest BCUT2D eigenvalue weighted by molar-refractivity contribution is 0.415. The SMILES string of the molecule is COc1ccc2oc(-c3ccc(CN)cc3)nc2c1. The van der Waals surface area contributed by atoms with Crippen molar-refractivity contribution in [3.05, 3.63) is 48.0 Å². The molecule has 4 heteroatoms. The topological polar surface area (TPSA) is 61.3 Å². The first-order valence-corrected chi connectivity index (χ1v) is 6.04. The quantitative estimate of drug-likeness (QED) is 0.780. The predicted molar refractivity (Wildman–Crippen MR) is 73.9 cm³/mol. The summed E-state index contributed by atoms with van der Waals surface area (Å²) in [6.45, 7) is 0.533. The van der Waals surface area contributed by atoms with Crippen LogP contribution in [0.5, 0.6) is 5.75 Å². The third-order valence-corrected chi connectivity index (χ3v) is 3.03. The number of hydrogen-bond donors (Lipinski definition) is 1. The lowest BCUT2D eigenvalue weighted by Crippen LogP contribution is -1.95. The highest BCUT2D eigenvalue weighted by Crippen LogP contribution is 2.26. The van der Waals surface area contributed by atoms with Gasteiger partial charge in [0.1, 0.15) is 11.3 Å². The molecular weight excluding hydrogens is 240 g/mol. The van der Waals surface area contributed by atoms with Gasteiger partial charge in [-0.15, -0.1) is 0 Å². The lowest BCUT2D eigenvalue weighted by Gasteiger charge is -1.97. The number of oxazole rings is 1. The minimum Gasteiger partial charge on any atom is -0.497 e. The number of aromatic nitrogens is 1. The summed E-state index contributed by atoms with van der Waals surface area (Å²) >= 11 is 0. The van der Waals surface area contributed by atoms with Crippen LogP contribution in [0.2, 0.25) is 0 Å². The Morgan fingerprint density at radius 2 is 1.95 bits per heavy atom. The van der Waals surface area contributed by atoms with Crippen molar-refractivity contribution in [1.82, 2.24) is 4.98 Å². The zero-order valence-electron chi connectivity index (χ0n) is 10.6. The monoisotopic (exact) mass is 254 g/mol. The molecule has 0 fully saturated rings. The summed E-state index contributed by atoms with van der Waals surface area (Å²) in [5, 5.41) is 0. The van der Waals surface area contributed by atoms with Crippen molar-refractivity contribution >= 4 is 11.1 Å². The standard InChI is InChI=1S/C15H14N2O2/c1-18-12-6-7-14-13(8-12)17-15(19-14)11-4-2-10(9-16)3-5-11/h2-8H,9,16H2,1H3. The summed E-state index contributed by atoms with van der Waals surface area (Å²) in [4.78, 5) is 4.47. The van der Waals surface area contributed by atoms with Gasteiger partial charge < -0.3 is 14.9 Å². The molecule has 3 rings (SSSR count). The van der Waals surface area contributed by atoms with E-state index in [2.05, 4.69) is 4.98 Å². The summed E-state index contributed by atoms with van der Waals surface area (Å²) in [6, 6.07) is 13.5. The van der Waals surface area contributed by atoms with Crippen LogP contribution < -0.4 is 10.5 Å². The highest BCUT2D eigenvalue weighted by molar-refractivity contribution is 5.77. The molecule has 0 bridgehead atoms. The molecule has 0 radical (unpaired) electrons. The molecule has 0 spiro atoms. The van der Waals surface area contributed by atoms with Crippen molar-refractivity contribution in [2.24, 2.45) is 5.73 Å². The molecule has 4 nitrogen and oxygen atoms in total. The van der Waals surface area contributed by atoms with E-state index in [4.69, 9.17) is 14.9 Å². The van der Waals surface area contributed by atoms with Crippen LogP contribution >= 0.6 is 0 Å². The van der Waals surface area contributed by atoms with Crippen LogP contribution in [0.15, 0.2) is 46.9 Å². The van der Waals surface area contributed by atoms with Gasteiger partial charge in [-0.1, -0.05) is 12.1 Å². The molecule has 0 aliphatic carbocycles. The van der Waals surface area contributed by atoms with Gasteiger partial charge in [-0.2, -0.15) is 0 Å². The highest BCUT2D eigenvalue weighted by Gasteiger charge is 2.08. The van der Waals surface area contributed by atoms with Crippen molar-refractivity contribution in [3.63, 3.8) is 0 Å². The molecule has 0 unspecified atom stereocenters. The highest BCUT2D eigenvalue weighted by atomic mass is 16.5. The Morgan fingerprint density at radius 3 is 2.63 bits per heavy atom. The Labute approximate surface area is 110 Å². The molecule has 19 heavy (non-hydrogen) atoms. The van der Waals surface area contributed by atoms with Crippen LogP contribution in [-0.2, 0) is 6.54 Å². The molecule has 96 valence electrons. The Balaban J connectivity index is 2.04. The predicted octanol–water partition coefficient (Wildman–Crippen LogP) is 2.96. The molecule has 2 aromatic carbocycles. The average Bonchev–Trinajstić information content (AvgIpc) is 2.90. The molecule has 0 amide bonds. The second-order valence-electron chi connectivity index (χ2n) is 4.25. The molecule has 3 aromatic rings. The summed E-state index contributed by atoms with van der Waals surface area (Å²) < 4.78 is 10.9. The van der Waals surface area contributed by atoms with Gasteiger partial charge in [0.15, 0.2) is 5.58 Å². The van der Waals surface area contributed by atoms with E-state index in [0.29, 0.717) is 12.4 Å². The number of benzene rings is 2. The zero-order chi connectivity index (χ0) is 13.2. The fourth-order valence-corrected chi connectivity index (χ4v) is 1.94. The maximum Gasteiger partial charge on any atom is 0.227 e. The second-order valence-corrected chi connectivity index (χ2v) is 4.25. The number of rotatable bonds is 3. The number of methoxy groups -OCH3 is 1. The summed E-state index contributed by atoms with van der Waals surface area (Å²) in [6.07, 6.45) is 0. The summed E-state index contributed by atoms with van der Waals surface area (Å²) in [5.41, 5.74) is 9.14. The Hall–Kier alpha value is -2.33. The van der Waals surface area contributed by atoms with Gasteiger partial charge in [0.2, 0.25) is 5.89 Å². The molecule has 1 heterocycles. The zero-order valence-corrected chi connectivity index (χ0v) is 10.6. The van der Waals surface area contributed by atoms with Gasteiger partial charge in [-0.05, 0) is 29.8 Å². The van der Waals surface area contributed by atoms with E-state index in [9.17, 15) is 0 Å². The fraction of sp³-hybridized carbons (Fsp3) is 0.133. The van der Waals surface area contributed by atoms with Gasteiger partial charge in [0.05, 0.1) is 7.11 Å². The Morgan fingerprint density at radius 1 is 1.16 bits per heavy atom. The Kier molecular flexibility index (Phi) is 2.93. The normalized spacial score (nSPS) is 10.8. The number of ether oxygens (including phenoxy) is 1. The fourth-order valence-electron chi connectivity index (χ4n) is 1.94. The molecule has 0 saturated carbocycles. The first kappa shape index (κ1) is 11.7. The third-order valence-electron chi connectivity index (χ3n) is 3.03. The van der Waals surface area contributed by atoms with Gasteiger partial charge >= 0.3 is 0 Å². The van der Waals surface area contributed by atoms with E-state index in [0.717, 1.165) is 28.0 Å². The van der Waals surface area contributed by atoms with Gasteiger partial charge in [-0.3, -0.25) is 0 Å².